The molecule has 0 aliphatic heterocycles. The van der Waals surface area contributed by atoms with E-state index in [1.54, 1.807) is 30.6 Å². The molecule has 3 rings (SSSR count). The van der Waals surface area contributed by atoms with Crippen molar-refractivity contribution in [3.05, 3.63) is 88.7 Å². The second-order valence-corrected chi connectivity index (χ2v) is 7.69. The number of benzene rings is 2. The van der Waals surface area contributed by atoms with Gasteiger partial charge in [0.2, 0.25) is 11.9 Å². The highest BCUT2D eigenvalue weighted by molar-refractivity contribution is 6.10. The molecule has 2 aromatic carbocycles. The zero-order valence-electron chi connectivity index (χ0n) is 18.7. The molecule has 1 aromatic heterocycles. The van der Waals surface area contributed by atoms with Gasteiger partial charge in [0.25, 0.3) is 5.91 Å². The minimum atomic E-state index is -0.335. The van der Waals surface area contributed by atoms with Crippen LogP contribution in [0.2, 0.25) is 0 Å². The smallest absolute Gasteiger partial charge is 0.258 e. The van der Waals surface area contributed by atoms with E-state index in [9.17, 15) is 9.59 Å². The maximum absolute atomic E-state index is 13.0. The number of carbonyl (C=O) groups is 2. The van der Waals surface area contributed by atoms with Crippen LogP contribution in [-0.2, 0) is 11.3 Å². The lowest BCUT2D eigenvalue weighted by atomic mass is 10.1. The van der Waals surface area contributed by atoms with E-state index in [0.717, 1.165) is 27.9 Å². The molecule has 0 spiro atoms. The summed E-state index contributed by atoms with van der Waals surface area (Å²) < 4.78 is 0. The molecule has 0 saturated carbocycles. The molecule has 0 fully saturated rings. The van der Waals surface area contributed by atoms with E-state index >= 15 is 0 Å². The minimum Gasteiger partial charge on any atom is -0.326 e. The summed E-state index contributed by atoms with van der Waals surface area (Å²) in [6.07, 6.45) is 3.44. The monoisotopic (exact) mass is 429 g/mol. The summed E-state index contributed by atoms with van der Waals surface area (Å²) in [4.78, 5) is 33.1. The van der Waals surface area contributed by atoms with Gasteiger partial charge in [0.15, 0.2) is 0 Å². The summed E-state index contributed by atoms with van der Waals surface area (Å²) in [6, 6.07) is 15.0. The largest absolute Gasteiger partial charge is 0.326 e. The average molecular weight is 430 g/mol. The number of rotatable bonds is 5. The molecular weight excluding hydrogens is 402 g/mol. The third kappa shape index (κ3) is 6.50. The molecule has 1 heterocycles. The molecule has 164 valence electrons. The normalized spacial score (nSPS) is 11.1. The van der Waals surface area contributed by atoms with E-state index in [0.29, 0.717) is 23.8 Å². The molecule has 0 saturated heterocycles. The lowest BCUT2D eigenvalue weighted by molar-refractivity contribution is -0.114. The van der Waals surface area contributed by atoms with Gasteiger partial charge in [-0.25, -0.2) is 4.99 Å². The van der Waals surface area contributed by atoms with Crippen molar-refractivity contribution in [2.45, 2.75) is 34.2 Å². The molecule has 7 heteroatoms. The van der Waals surface area contributed by atoms with Crippen molar-refractivity contribution in [1.29, 1.82) is 0 Å². The lowest BCUT2D eigenvalue weighted by Crippen LogP contribution is -2.36. The molecule has 0 aliphatic carbocycles. The van der Waals surface area contributed by atoms with Gasteiger partial charge < -0.3 is 10.6 Å². The van der Waals surface area contributed by atoms with Gasteiger partial charge >= 0.3 is 0 Å². The number of anilines is 2. The highest BCUT2D eigenvalue weighted by Crippen LogP contribution is 2.17. The van der Waals surface area contributed by atoms with Gasteiger partial charge in [-0.15, -0.1) is 0 Å². The van der Waals surface area contributed by atoms with Crippen molar-refractivity contribution in [1.82, 2.24) is 10.3 Å². The SMILES string of the molecule is CC(=O)Nc1cc(C(=O)NC(=NCc2cccnc2)Nc2cc(C)cc(C)c2)ccc1C. The Morgan fingerprint density at radius 3 is 2.38 bits per heavy atom. The van der Waals surface area contributed by atoms with Gasteiger partial charge in [-0.05, 0) is 73.4 Å². The third-order valence-corrected chi connectivity index (χ3v) is 4.67. The summed E-state index contributed by atoms with van der Waals surface area (Å²) in [7, 11) is 0. The zero-order chi connectivity index (χ0) is 23.1. The molecule has 0 atom stereocenters. The summed E-state index contributed by atoms with van der Waals surface area (Å²) in [5.41, 5.74) is 5.83. The minimum absolute atomic E-state index is 0.194. The molecular formula is C25H27N5O2. The van der Waals surface area contributed by atoms with E-state index in [4.69, 9.17) is 0 Å². The number of aryl methyl sites for hydroxylation is 3. The number of hydrogen-bond donors (Lipinski definition) is 3. The fraction of sp³-hybridized carbons (Fsp3) is 0.200. The first-order valence-electron chi connectivity index (χ1n) is 10.3. The first-order chi connectivity index (χ1) is 15.3. The van der Waals surface area contributed by atoms with Gasteiger partial charge in [-0.3, -0.25) is 19.9 Å². The van der Waals surface area contributed by atoms with E-state index in [1.165, 1.54) is 6.92 Å². The Morgan fingerprint density at radius 1 is 0.969 bits per heavy atom. The zero-order valence-corrected chi connectivity index (χ0v) is 18.7. The van der Waals surface area contributed by atoms with Crippen molar-refractivity contribution >= 4 is 29.1 Å². The van der Waals surface area contributed by atoms with Gasteiger partial charge in [0.05, 0.1) is 6.54 Å². The maximum Gasteiger partial charge on any atom is 0.258 e. The number of nitrogens with one attached hydrogen (secondary N) is 3. The van der Waals surface area contributed by atoms with Crippen LogP contribution >= 0.6 is 0 Å². The Morgan fingerprint density at radius 2 is 1.72 bits per heavy atom. The quantitative estimate of drug-likeness (QED) is 0.415. The molecule has 0 radical (unpaired) electrons. The van der Waals surface area contributed by atoms with Crippen LogP contribution in [0.3, 0.4) is 0 Å². The predicted octanol–water partition coefficient (Wildman–Crippen LogP) is 4.36. The first-order valence-corrected chi connectivity index (χ1v) is 10.3. The molecule has 32 heavy (non-hydrogen) atoms. The number of aliphatic imine (C=N–C) groups is 1. The van der Waals surface area contributed by atoms with Crippen LogP contribution in [0.1, 0.15) is 39.5 Å². The second kappa shape index (κ2) is 10.3. The second-order valence-electron chi connectivity index (χ2n) is 7.69. The molecule has 0 aliphatic rings. The number of amides is 2. The molecule has 0 bridgehead atoms. The number of guanidine groups is 1. The fourth-order valence-corrected chi connectivity index (χ4v) is 3.22. The number of pyridine rings is 1. The number of nitrogens with zero attached hydrogens (tertiary/aromatic N) is 2. The average Bonchev–Trinajstić information content (AvgIpc) is 2.73. The van der Waals surface area contributed by atoms with E-state index in [1.807, 2.05) is 45.0 Å². The predicted molar refractivity (Wildman–Crippen MR) is 128 cm³/mol. The number of carbonyl (C=O) groups excluding carboxylic acids is 2. The van der Waals surface area contributed by atoms with Crippen molar-refractivity contribution in [2.24, 2.45) is 4.99 Å². The van der Waals surface area contributed by atoms with Crippen molar-refractivity contribution in [3.8, 4) is 0 Å². The van der Waals surface area contributed by atoms with Crippen LogP contribution in [0, 0.1) is 20.8 Å². The standard InChI is InChI=1S/C25H27N5O2/c1-16-10-17(2)12-22(11-16)29-25(27-15-20-6-5-9-26-14-20)30-24(32)21-8-7-18(3)23(13-21)28-19(4)31/h5-14H,15H2,1-4H3,(H,28,31)(H2,27,29,30,32). The lowest BCUT2D eigenvalue weighted by Gasteiger charge is -2.14. The van der Waals surface area contributed by atoms with Crippen LogP contribution in [0.5, 0.6) is 0 Å². The molecule has 2 amide bonds. The summed E-state index contributed by atoms with van der Waals surface area (Å²) in [5.74, 6) is -0.204. The van der Waals surface area contributed by atoms with Crippen molar-refractivity contribution in [2.75, 3.05) is 10.6 Å². The van der Waals surface area contributed by atoms with Gasteiger partial charge in [-0.2, -0.15) is 0 Å². The van der Waals surface area contributed by atoms with Crippen LogP contribution < -0.4 is 16.0 Å². The highest BCUT2D eigenvalue weighted by Gasteiger charge is 2.12. The fourth-order valence-electron chi connectivity index (χ4n) is 3.22. The Bertz CT molecular complexity index is 1140. The Hall–Kier alpha value is -4.00. The van der Waals surface area contributed by atoms with Gasteiger partial charge in [-0.1, -0.05) is 18.2 Å². The van der Waals surface area contributed by atoms with E-state index in [-0.39, 0.29) is 11.8 Å². The first kappa shape index (κ1) is 22.7. The molecule has 3 N–H and O–H groups in total. The number of hydrogen-bond acceptors (Lipinski definition) is 4. The Labute approximate surface area is 188 Å². The van der Waals surface area contributed by atoms with Crippen molar-refractivity contribution < 1.29 is 9.59 Å². The topological polar surface area (TPSA) is 95.5 Å². The van der Waals surface area contributed by atoms with Crippen LogP contribution in [0.15, 0.2) is 65.9 Å². The van der Waals surface area contributed by atoms with Crippen LogP contribution in [0.4, 0.5) is 11.4 Å². The molecule has 3 aromatic rings. The third-order valence-electron chi connectivity index (χ3n) is 4.67. The Balaban J connectivity index is 1.85. The van der Waals surface area contributed by atoms with E-state index in [2.05, 4.69) is 32.0 Å². The highest BCUT2D eigenvalue weighted by atomic mass is 16.2. The van der Waals surface area contributed by atoms with Crippen molar-refractivity contribution in [3.63, 3.8) is 0 Å². The summed E-state index contributed by atoms with van der Waals surface area (Å²) in [6.45, 7) is 7.68. The van der Waals surface area contributed by atoms with Gasteiger partial charge in [0.1, 0.15) is 0 Å². The Kier molecular flexibility index (Phi) is 7.33. The van der Waals surface area contributed by atoms with E-state index < -0.39 is 0 Å². The number of aromatic nitrogens is 1. The summed E-state index contributed by atoms with van der Waals surface area (Å²) >= 11 is 0. The van der Waals surface area contributed by atoms with Gasteiger partial charge in [0, 0.05) is 36.3 Å². The molecule has 7 nitrogen and oxygen atoms in total. The molecule has 0 unspecified atom stereocenters. The summed E-state index contributed by atoms with van der Waals surface area (Å²) in [5, 5.41) is 8.82. The van der Waals surface area contributed by atoms with Crippen LogP contribution in [-0.4, -0.2) is 22.8 Å². The maximum atomic E-state index is 13.0. The van der Waals surface area contributed by atoms with Crippen LogP contribution in [0.25, 0.3) is 0 Å².